The maximum Gasteiger partial charge on any atom is 0.167 e. The van der Waals surface area contributed by atoms with Gasteiger partial charge in [0.15, 0.2) is 11.6 Å². The predicted octanol–water partition coefficient (Wildman–Crippen LogP) is 0.722. The number of hydrogen-bond acceptors (Lipinski definition) is 4. The fourth-order valence-corrected chi connectivity index (χ4v) is 2.58. The van der Waals surface area contributed by atoms with Gasteiger partial charge in [-0.05, 0) is 18.8 Å². The molecule has 2 N–H and O–H groups in total. The van der Waals surface area contributed by atoms with Crippen molar-refractivity contribution in [2.75, 3.05) is 6.54 Å². The van der Waals surface area contributed by atoms with E-state index in [-0.39, 0.29) is 0 Å². The summed E-state index contributed by atoms with van der Waals surface area (Å²) in [6, 6.07) is 0.400. The Bertz CT molecular complexity index is 524. The van der Waals surface area contributed by atoms with Gasteiger partial charge in [-0.1, -0.05) is 0 Å². The highest BCUT2D eigenvalue weighted by Crippen LogP contribution is 2.41. The topological polar surface area (TPSA) is 71.4 Å². The zero-order valence-electron chi connectivity index (χ0n) is 9.43. The molecule has 0 amide bonds. The molecule has 1 unspecified atom stereocenters. The van der Waals surface area contributed by atoms with Gasteiger partial charge in [0.2, 0.25) is 0 Å². The monoisotopic (exact) mass is 230 g/mol. The van der Waals surface area contributed by atoms with E-state index in [2.05, 4.69) is 30.3 Å². The molecule has 1 aliphatic carbocycles. The zero-order valence-corrected chi connectivity index (χ0v) is 9.43. The molecule has 0 bridgehead atoms. The Balaban J connectivity index is 1.79. The Morgan fingerprint density at radius 3 is 3.00 bits per heavy atom. The number of nitrogens with zero attached hydrogens (tertiary/aromatic N) is 4. The average Bonchev–Trinajstić information content (AvgIpc) is 2.90. The minimum Gasteiger partial charge on any atom is -0.308 e. The highest BCUT2D eigenvalue weighted by Gasteiger charge is 2.37. The van der Waals surface area contributed by atoms with Gasteiger partial charge in [0.05, 0.1) is 17.8 Å². The summed E-state index contributed by atoms with van der Waals surface area (Å²) < 4.78 is 2.23. The third-order valence-corrected chi connectivity index (χ3v) is 3.61. The molecule has 0 spiro atoms. The molecule has 1 atom stereocenters. The summed E-state index contributed by atoms with van der Waals surface area (Å²) in [4.78, 5) is 0. The van der Waals surface area contributed by atoms with E-state index in [0.29, 0.717) is 6.04 Å². The third-order valence-electron chi connectivity index (χ3n) is 3.61. The van der Waals surface area contributed by atoms with Crippen molar-refractivity contribution in [1.29, 1.82) is 0 Å². The molecule has 1 saturated carbocycles. The molecule has 2 aliphatic rings. The first-order valence-electron chi connectivity index (χ1n) is 6.09. The highest BCUT2D eigenvalue weighted by molar-refractivity contribution is 5.52. The minimum absolute atomic E-state index is 0.400. The summed E-state index contributed by atoms with van der Waals surface area (Å²) in [6.45, 7) is 1.93. The van der Waals surface area contributed by atoms with Crippen LogP contribution in [0.1, 0.15) is 24.7 Å². The molecule has 88 valence electrons. The first kappa shape index (κ1) is 9.35. The largest absolute Gasteiger partial charge is 0.308 e. The van der Waals surface area contributed by atoms with Gasteiger partial charge < -0.3 is 9.88 Å². The summed E-state index contributed by atoms with van der Waals surface area (Å²) in [5.41, 5.74) is 1.01. The van der Waals surface area contributed by atoms with Crippen molar-refractivity contribution in [3.05, 3.63) is 18.2 Å². The molecule has 6 nitrogen and oxygen atoms in total. The van der Waals surface area contributed by atoms with E-state index in [1.54, 1.807) is 6.20 Å². The van der Waals surface area contributed by atoms with Crippen molar-refractivity contribution < 1.29 is 0 Å². The van der Waals surface area contributed by atoms with E-state index in [1.807, 2.05) is 6.20 Å². The standard InChI is InChI=1S/C11H14N6/c1-2-7(1)9-11-16-15-10(8-5-13-14-6-8)17(11)4-3-12-9/h5-7,9,12H,1-4H2,(H,13,14). The lowest BCUT2D eigenvalue weighted by Gasteiger charge is -2.24. The molecule has 4 rings (SSSR count). The van der Waals surface area contributed by atoms with E-state index < -0.39 is 0 Å². The number of hydrogen-bond donors (Lipinski definition) is 2. The fourth-order valence-electron chi connectivity index (χ4n) is 2.58. The summed E-state index contributed by atoms with van der Waals surface area (Å²) in [5, 5.41) is 19.0. The molecule has 0 saturated heterocycles. The van der Waals surface area contributed by atoms with E-state index in [1.165, 1.54) is 12.8 Å². The number of aromatic nitrogens is 5. The Morgan fingerprint density at radius 2 is 2.24 bits per heavy atom. The summed E-state index contributed by atoms with van der Waals surface area (Å²) in [6.07, 6.45) is 6.29. The van der Waals surface area contributed by atoms with E-state index >= 15 is 0 Å². The Morgan fingerprint density at radius 1 is 1.29 bits per heavy atom. The van der Waals surface area contributed by atoms with Crippen molar-refractivity contribution in [3.8, 4) is 11.4 Å². The van der Waals surface area contributed by atoms with Gasteiger partial charge in [0.25, 0.3) is 0 Å². The third kappa shape index (κ3) is 1.40. The molecule has 1 aliphatic heterocycles. The number of aromatic amines is 1. The summed E-state index contributed by atoms with van der Waals surface area (Å²) >= 11 is 0. The van der Waals surface area contributed by atoms with Crippen LogP contribution in [0.25, 0.3) is 11.4 Å². The van der Waals surface area contributed by atoms with E-state index in [9.17, 15) is 0 Å². The van der Waals surface area contributed by atoms with Crippen molar-refractivity contribution in [2.45, 2.75) is 25.4 Å². The lowest BCUT2D eigenvalue weighted by atomic mass is 10.1. The van der Waals surface area contributed by atoms with Crippen LogP contribution in [0.2, 0.25) is 0 Å². The molecule has 2 aromatic heterocycles. The van der Waals surface area contributed by atoms with Crippen LogP contribution < -0.4 is 5.32 Å². The van der Waals surface area contributed by atoms with Crippen molar-refractivity contribution >= 4 is 0 Å². The normalized spacial score (nSPS) is 23.6. The Kier molecular flexibility index (Phi) is 1.87. The minimum atomic E-state index is 0.400. The summed E-state index contributed by atoms with van der Waals surface area (Å²) in [7, 11) is 0. The van der Waals surface area contributed by atoms with Gasteiger partial charge in [0, 0.05) is 19.3 Å². The van der Waals surface area contributed by atoms with Crippen molar-refractivity contribution in [3.63, 3.8) is 0 Å². The number of H-pyrrole nitrogens is 1. The van der Waals surface area contributed by atoms with Crippen LogP contribution in [0.5, 0.6) is 0 Å². The van der Waals surface area contributed by atoms with Gasteiger partial charge in [0.1, 0.15) is 0 Å². The second-order valence-electron chi connectivity index (χ2n) is 4.79. The molecule has 6 heteroatoms. The van der Waals surface area contributed by atoms with E-state index in [0.717, 1.165) is 36.2 Å². The highest BCUT2D eigenvalue weighted by atomic mass is 15.3. The van der Waals surface area contributed by atoms with Crippen LogP contribution in [0.4, 0.5) is 0 Å². The second kappa shape index (κ2) is 3.40. The molecule has 2 aromatic rings. The predicted molar refractivity (Wildman–Crippen MR) is 61.1 cm³/mol. The molecule has 3 heterocycles. The van der Waals surface area contributed by atoms with Gasteiger partial charge in [-0.3, -0.25) is 5.10 Å². The SMILES string of the molecule is c1n[nH]cc1-c1nnc2n1CCNC2C1CC1. The maximum absolute atomic E-state index is 4.36. The van der Waals surface area contributed by atoms with Crippen molar-refractivity contribution in [1.82, 2.24) is 30.3 Å². The second-order valence-corrected chi connectivity index (χ2v) is 4.79. The maximum atomic E-state index is 4.36. The number of nitrogens with one attached hydrogen (secondary N) is 2. The molecule has 0 aromatic carbocycles. The quantitative estimate of drug-likeness (QED) is 0.797. The van der Waals surface area contributed by atoms with Crippen LogP contribution in [0.15, 0.2) is 12.4 Å². The van der Waals surface area contributed by atoms with E-state index in [4.69, 9.17) is 0 Å². The molecular formula is C11H14N6. The van der Waals surface area contributed by atoms with Crippen LogP contribution in [-0.4, -0.2) is 31.5 Å². The van der Waals surface area contributed by atoms with Crippen molar-refractivity contribution in [2.24, 2.45) is 5.92 Å². The first-order chi connectivity index (χ1) is 8.43. The Hall–Kier alpha value is -1.69. The van der Waals surface area contributed by atoms with Gasteiger partial charge in [-0.15, -0.1) is 10.2 Å². The number of rotatable bonds is 2. The van der Waals surface area contributed by atoms with Gasteiger partial charge >= 0.3 is 0 Å². The first-order valence-corrected chi connectivity index (χ1v) is 6.09. The lowest BCUT2D eigenvalue weighted by molar-refractivity contribution is 0.383. The van der Waals surface area contributed by atoms with Crippen LogP contribution in [-0.2, 0) is 6.54 Å². The van der Waals surface area contributed by atoms with Crippen LogP contribution in [0, 0.1) is 5.92 Å². The Labute approximate surface area is 98.4 Å². The molecular weight excluding hydrogens is 216 g/mol. The van der Waals surface area contributed by atoms with Crippen LogP contribution >= 0.6 is 0 Å². The molecule has 1 fully saturated rings. The molecule has 17 heavy (non-hydrogen) atoms. The zero-order chi connectivity index (χ0) is 11.2. The molecule has 0 radical (unpaired) electrons. The summed E-state index contributed by atoms with van der Waals surface area (Å²) in [5.74, 6) is 2.78. The van der Waals surface area contributed by atoms with Crippen LogP contribution in [0.3, 0.4) is 0 Å². The smallest absolute Gasteiger partial charge is 0.167 e. The fraction of sp³-hybridized carbons (Fsp3) is 0.545. The van der Waals surface area contributed by atoms with Gasteiger partial charge in [-0.25, -0.2) is 0 Å². The number of fused-ring (bicyclic) bond motifs is 1. The average molecular weight is 230 g/mol. The van der Waals surface area contributed by atoms with Gasteiger partial charge in [-0.2, -0.15) is 5.10 Å². The lowest BCUT2D eigenvalue weighted by Crippen LogP contribution is -2.35.